The monoisotopic (exact) mass is 258 g/mol. The van der Waals surface area contributed by atoms with Gasteiger partial charge in [0, 0.05) is 21.9 Å². The van der Waals surface area contributed by atoms with Crippen LogP contribution < -0.4 is 0 Å². The molecule has 1 aromatic carbocycles. The molecule has 0 aliphatic rings. The van der Waals surface area contributed by atoms with Crippen molar-refractivity contribution in [2.75, 3.05) is 0 Å². The summed E-state index contributed by atoms with van der Waals surface area (Å²) in [6.07, 6.45) is 0. The number of rotatable bonds is 0. The predicted octanol–water partition coefficient (Wildman–Crippen LogP) is 3.30. The topological polar surface area (TPSA) is 17.8 Å². The van der Waals surface area contributed by atoms with Gasteiger partial charge in [-0.05, 0) is 35.0 Å². The Morgan fingerprint density at radius 2 is 2.15 bits per heavy atom. The van der Waals surface area contributed by atoms with Crippen molar-refractivity contribution in [3.05, 3.63) is 27.3 Å². The lowest BCUT2D eigenvalue weighted by Crippen LogP contribution is -1.89. The maximum atomic E-state index is 5.94. The van der Waals surface area contributed by atoms with E-state index in [4.69, 9.17) is 11.6 Å². The summed E-state index contributed by atoms with van der Waals surface area (Å²) in [5.74, 6) is 0. The van der Waals surface area contributed by atoms with E-state index in [0.717, 1.165) is 26.1 Å². The number of halogens is 2. The highest BCUT2D eigenvalue weighted by atomic mass is 79.9. The Labute approximate surface area is 89.6 Å². The van der Waals surface area contributed by atoms with Crippen molar-refractivity contribution in [2.24, 2.45) is 7.05 Å². The third-order valence-corrected chi connectivity index (χ3v) is 2.86. The van der Waals surface area contributed by atoms with Crippen LogP contribution in [0, 0.1) is 6.92 Å². The fraction of sp³-hybridized carbons (Fsp3) is 0.222. The van der Waals surface area contributed by atoms with Crippen molar-refractivity contribution >= 4 is 38.4 Å². The standard InChI is InChI=1S/C9H8BrClN2/c1-5-7-3-6(11)4-8(10)9(7)13(2)12-5/h3-4H,1-2H3. The largest absolute Gasteiger partial charge is 0.267 e. The van der Waals surface area contributed by atoms with Crippen molar-refractivity contribution in [3.63, 3.8) is 0 Å². The second-order valence-corrected chi connectivity index (χ2v) is 4.28. The number of hydrogen-bond acceptors (Lipinski definition) is 1. The zero-order valence-electron chi connectivity index (χ0n) is 7.31. The second kappa shape index (κ2) is 3.00. The van der Waals surface area contributed by atoms with Crippen LogP contribution in [0.15, 0.2) is 16.6 Å². The molecule has 4 heteroatoms. The summed E-state index contributed by atoms with van der Waals surface area (Å²) in [6.45, 7) is 1.98. The van der Waals surface area contributed by atoms with E-state index in [1.54, 1.807) is 0 Å². The summed E-state index contributed by atoms with van der Waals surface area (Å²) in [6, 6.07) is 3.81. The number of aryl methyl sites for hydroxylation is 2. The van der Waals surface area contributed by atoms with Gasteiger partial charge in [-0.25, -0.2) is 0 Å². The number of benzene rings is 1. The van der Waals surface area contributed by atoms with Crippen LogP contribution in [0.1, 0.15) is 5.69 Å². The Hall–Kier alpha value is -0.540. The first-order valence-electron chi connectivity index (χ1n) is 3.88. The van der Waals surface area contributed by atoms with Gasteiger partial charge >= 0.3 is 0 Å². The lowest BCUT2D eigenvalue weighted by Gasteiger charge is -1.98. The summed E-state index contributed by atoms with van der Waals surface area (Å²) in [4.78, 5) is 0. The quantitative estimate of drug-likeness (QED) is 0.710. The molecule has 0 atom stereocenters. The first-order valence-corrected chi connectivity index (χ1v) is 5.05. The molecule has 0 unspecified atom stereocenters. The summed E-state index contributed by atoms with van der Waals surface area (Å²) in [5.41, 5.74) is 2.09. The van der Waals surface area contributed by atoms with Gasteiger partial charge in [-0.2, -0.15) is 5.10 Å². The third kappa shape index (κ3) is 1.36. The van der Waals surface area contributed by atoms with Crippen molar-refractivity contribution < 1.29 is 0 Å². The number of fused-ring (bicyclic) bond motifs is 1. The van der Waals surface area contributed by atoms with Gasteiger partial charge in [-0.3, -0.25) is 4.68 Å². The van der Waals surface area contributed by atoms with Crippen molar-refractivity contribution in [1.29, 1.82) is 0 Å². The van der Waals surface area contributed by atoms with Gasteiger partial charge in [0.25, 0.3) is 0 Å². The Morgan fingerprint density at radius 3 is 2.85 bits per heavy atom. The molecule has 2 rings (SSSR count). The molecule has 68 valence electrons. The first kappa shape index (κ1) is 9.03. The van der Waals surface area contributed by atoms with Crippen LogP contribution in [-0.4, -0.2) is 9.78 Å². The Morgan fingerprint density at radius 1 is 1.46 bits per heavy atom. The van der Waals surface area contributed by atoms with Gasteiger partial charge in [0.2, 0.25) is 0 Å². The van der Waals surface area contributed by atoms with Crippen LogP contribution in [0.25, 0.3) is 10.9 Å². The molecule has 13 heavy (non-hydrogen) atoms. The molecule has 0 aliphatic heterocycles. The third-order valence-electron chi connectivity index (χ3n) is 2.04. The molecular weight excluding hydrogens is 251 g/mol. The average Bonchev–Trinajstić information content (AvgIpc) is 2.27. The molecule has 1 aromatic heterocycles. The lowest BCUT2D eigenvalue weighted by atomic mass is 10.2. The minimum Gasteiger partial charge on any atom is -0.267 e. The average molecular weight is 260 g/mol. The molecule has 0 amide bonds. The zero-order chi connectivity index (χ0) is 9.59. The Kier molecular flexibility index (Phi) is 2.08. The molecule has 2 nitrogen and oxygen atoms in total. The van der Waals surface area contributed by atoms with E-state index in [1.807, 2.05) is 30.8 Å². The molecule has 0 saturated heterocycles. The molecule has 0 aliphatic carbocycles. The van der Waals surface area contributed by atoms with E-state index in [-0.39, 0.29) is 0 Å². The van der Waals surface area contributed by atoms with E-state index in [9.17, 15) is 0 Å². The van der Waals surface area contributed by atoms with Crippen molar-refractivity contribution in [1.82, 2.24) is 9.78 Å². The highest BCUT2D eigenvalue weighted by Crippen LogP contribution is 2.29. The zero-order valence-corrected chi connectivity index (χ0v) is 9.65. The molecule has 0 saturated carbocycles. The molecule has 2 aromatic rings. The van der Waals surface area contributed by atoms with Gasteiger partial charge in [-0.15, -0.1) is 0 Å². The van der Waals surface area contributed by atoms with Gasteiger partial charge in [0.05, 0.1) is 11.2 Å². The van der Waals surface area contributed by atoms with E-state index in [2.05, 4.69) is 21.0 Å². The normalized spacial score (nSPS) is 11.1. The number of hydrogen-bond donors (Lipinski definition) is 0. The fourth-order valence-corrected chi connectivity index (χ4v) is 2.57. The Bertz CT molecular complexity index is 476. The molecule has 0 spiro atoms. The number of aromatic nitrogens is 2. The van der Waals surface area contributed by atoms with Gasteiger partial charge < -0.3 is 0 Å². The predicted molar refractivity (Wildman–Crippen MR) is 58.2 cm³/mol. The maximum Gasteiger partial charge on any atom is 0.0824 e. The molecular formula is C9H8BrClN2. The number of nitrogens with zero attached hydrogens (tertiary/aromatic N) is 2. The Balaban J connectivity index is 2.97. The van der Waals surface area contributed by atoms with Gasteiger partial charge in [0.1, 0.15) is 0 Å². The smallest absolute Gasteiger partial charge is 0.0824 e. The molecule has 0 N–H and O–H groups in total. The highest BCUT2D eigenvalue weighted by molar-refractivity contribution is 9.10. The maximum absolute atomic E-state index is 5.94. The summed E-state index contributed by atoms with van der Waals surface area (Å²) in [5, 5.41) is 6.15. The summed E-state index contributed by atoms with van der Waals surface area (Å²) >= 11 is 9.40. The first-order chi connectivity index (χ1) is 6.09. The van der Waals surface area contributed by atoms with Crippen LogP contribution in [0.5, 0.6) is 0 Å². The highest BCUT2D eigenvalue weighted by Gasteiger charge is 2.08. The van der Waals surface area contributed by atoms with Crippen LogP contribution in [0.4, 0.5) is 0 Å². The summed E-state index contributed by atoms with van der Waals surface area (Å²) < 4.78 is 2.84. The van der Waals surface area contributed by atoms with Crippen LogP contribution in [0.2, 0.25) is 5.02 Å². The van der Waals surface area contributed by atoms with E-state index >= 15 is 0 Å². The van der Waals surface area contributed by atoms with Crippen LogP contribution in [-0.2, 0) is 7.05 Å². The van der Waals surface area contributed by atoms with Gasteiger partial charge in [0.15, 0.2) is 0 Å². The minimum atomic E-state index is 0.732. The SMILES string of the molecule is Cc1nn(C)c2c(Br)cc(Cl)cc12. The molecule has 0 fully saturated rings. The van der Waals surface area contributed by atoms with Crippen LogP contribution in [0.3, 0.4) is 0 Å². The van der Waals surface area contributed by atoms with E-state index < -0.39 is 0 Å². The molecule has 0 radical (unpaired) electrons. The van der Waals surface area contributed by atoms with E-state index in [1.165, 1.54) is 0 Å². The second-order valence-electron chi connectivity index (χ2n) is 2.99. The fourth-order valence-electron chi connectivity index (χ4n) is 1.50. The lowest BCUT2D eigenvalue weighted by molar-refractivity contribution is 0.782. The van der Waals surface area contributed by atoms with Crippen LogP contribution >= 0.6 is 27.5 Å². The van der Waals surface area contributed by atoms with Crippen molar-refractivity contribution in [3.8, 4) is 0 Å². The van der Waals surface area contributed by atoms with E-state index in [0.29, 0.717) is 0 Å². The molecule has 1 heterocycles. The van der Waals surface area contributed by atoms with Crippen molar-refractivity contribution in [2.45, 2.75) is 6.92 Å². The van der Waals surface area contributed by atoms with Gasteiger partial charge in [-0.1, -0.05) is 11.6 Å². The molecule has 0 bridgehead atoms. The summed E-state index contributed by atoms with van der Waals surface area (Å²) in [7, 11) is 1.92. The minimum absolute atomic E-state index is 0.732.